The quantitative estimate of drug-likeness (QED) is 0.620. The molecule has 1 N–H and O–H groups in total. The summed E-state index contributed by atoms with van der Waals surface area (Å²) in [5, 5.41) is 7.25. The van der Waals surface area contributed by atoms with Gasteiger partial charge in [-0.1, -0.05) is 18.2 Å². The minimum atomic E-state index is -0.769. The van der Waals surface area contributed by atoms with Crippen molar-refractivity contribution in [2.45, 2.75) is 26.4 Å². The first kappa shape index (κ1) is 21.1. The van der Waals surface area contributed by atoms with Crippen molar-refractivity contribution in [3.63, 3.8) is 0 Å². The van der Waals surface area contributed by atoms with Gasteiger partial charge in [-0.2, -0.15) is 5.10 Å². The maximum Gasteiger partial charge on any atom is 0.267 e. The van der Waals surface area contributed by atoms with Crippen LogP contribution in [0.25, 0.3) is 11.3 Å². The molecule has 1 heterocycles. The molecule has 0 saturated heterocycles. The number of hydrogen-bond donors (Lipinski definition) is 1. The molecule has 7 nitrogen and oxygen atoms in total. The van der Waals surface area contributed by atoms with Gasteiger partial charge in [-0.15, -0.1) is 0 Å². The number of nitrogens with one attached hydrogen (secondary N) is 1. The number of methoxy groups -OCH3 is 1. The Morgan fingerprint density at radius 3 is 2.53 bits per heavy atom. The van der Waals surface area contributed by atoms with E-state index in [2.05, 4.69) is 10.4 Å². The molecule has 0 radical (unpaired) electrons. The largest absolute Gasteiger partial charge is 0.496 e. The van der Waals surface area contributed by atoms with Crippen molar-refractivity contribution < 1.29 is 14.3 Å². The minimum absolute atomic E-state index is 0.292. The van der Waals surface area contributed by atoms with Crippen molar-refractivity contribution in [2.75, 3.05) is 13.7 Å². The molecule has 7 heteroatoms. The number of aromatic nitrogens is 2. The fourth-order valence-electron chi connectivity index (χ4n) is 3.04. The fourth-order valence-corrected chi connectivity index (χ4v) is 3.04. The van der Waals surface area contributed by atoms with Gasteiger partial charge in [-0.05, 0) is 50.2 Å². The first-order chi connectivity index (χ1) is 14.5. The second kappa shape index (κ2) is 9.73. The Kier molecular flexibility index (Phi) is 6.85. The predicted molar refractivity (Wildman–Crippen MR) is 115 cm³/mol. The third-order valence-corrected chi connectivity index (χ3v) is 4.68. The molecule has 0 saturated carbocycles. The van der Waals surface area contributed by atoms with Crippen LogP contribution >= 0.6 is 0 Å². The Hall–Kier alpha value is -3.61. The molecule has 0 aliphatic carbocycles. The number of carbonyl (C=O) groups is 1. The van der Waals surface area contributed by atoms with E-state index < -0.39 is 6.04 Å². The Labute approximate surface area is 175 Å². The maximum absolute atomic E-state index is 12.7. The molecule has 1 atom stereocenters. The zero-order chi connectivity index (χ0) is 21.5. The van der Waals surface area contributed by atoms with E-state index >= 15 is 0 Å². The molecule has 0 spiro atoms. The van der Waals surface area contributed by atoms with Gasteiger partial charge < -0.3 is 14.8 Å². The van der Waals surface area contributed by atoms with Crippen LogP contribution in [0.2, 0.25) is 0 Å². The molecule has 3 rings (SSSR count). The fraction of sp³-hybridized carbons (Fsp3) is 0.261. The lowest BCUT2D eigenvalue weighted by molar-refractivity contribution is -0.124. The van der Waals surface area contributed by atoms with Gasteiger partial charge in [0.2, 0.25) is 5.91 Å². The summed E-state index contributed by atoms with van der Waals surface area (Å²) < 4.78 is 12.0. The Bertz CT molecular complexity index is 1060. The molecule has 0 aliphatic rings. The van der Waals surface area contributed by atoms with Crippen LogP contribution in [-0.4, -0.2) is 29.4 Å². The van der Waals surface area contributed by atoms with E-state index in [4.69, 9.17) is 9.47 Å². The molecule has 0 bridgehead atoms. The summed E-state index contributed by atoms with van der Waals surface area (Å²) in [5.74, 6) is 1.15. The highest BCUT2D eigenvalue weighted by atomic mass is 16.5. The Morgan fingerprint density at radius 1 is 1.10 bits per heavy atom. The smallest absolute Gasteiger partial charge is 0.267 e. The van der Waals surface area contributed by atoms with Gasteiger partial charge in [0.1, 0.15) is 17.5 Å². The van der Waals surface area contributed by atoms with E-state index in [1.807, 2.05) is 55.5 Å². The average molecular weight is 407 g/mol. The summed E-state index contributed by atoms with van der Waals surface area (Å²) in [4.78, 5) is 25.0. The van der Waals surface area contributed by atoms with Crippen LogP contribution < -0.4 is 20.3 Å². The lowest BCUT2D eigenvalue weighted by Gasteiger charge is -2.16. The van der Waals surface area contributed by atoms with Crippen molar-refractivity contribution in [1.82, 2.24) is 15.1 Å². The van der Waals surface area contributed by atoms with Gasteiger partial charge in [0, 0.05) is 23.7 Å². The first-order valence-corrected chi connectivity index (χ1v) is 9.76. The molecule has 0 fully saturated rings. The predicted octanol–water partition coefficient (Wildman–Crippen LogP) is 3.20. The maximum atomic E-state index is 12.7. The number of rotatable bonds is 8. The minimum Gasteiger partial charge on any atom is -0.496 e. The van der Waals surface area contributed by atoms with E-state index in [-0.39, 0.29) is 11.5 Å². The van der Waals surface area contributed by atoms with Crippen LogP contribution in [0.15, 0.2) is 65.5 Å². The molecular weight excluding hydrogens is 382 g/mol. The summed E-state index contributed by atoms with van der Waals surface area (Å²) in [6.07, 6.45) is 0. The third-order valence-electron chi connectivity index (χ3n) is 4.68. The number of amides is 1. The average Bonchev–Trinajstić information content (AvgIpc) is 2.78. The van der Waals surface area contributed by atoms with Crippen molar-refractivity contribution in [2.24, 2.45) is 0 Å². The Balaban J connectivity index is 1.76. The van der Waals surface area contributed by atoms with E-state index in [1.165, 1.54) is 10.7 Å². The monoisotopic (exact) mass is 407 g/mol. The van der Waals surface area contributed by atoms with E-state index in [9.17, 15) is 9.59 Å². The second-order valence-electron chi connectivity index (χ2n) is 6.66. The topological polar surface area (TPSA) is 82.5 Å². The molecular formula is C23H25N3O4. The summed E-state index contributed by atoms with van der Waals surface area (Å²) in [5.41, 5.74) is 1.93. The summed E-state index contributed by atoms with van der Waals surface area (Å²) in [7, 11) is 1.58. The second-order valence-corrected chi connectivity index (χ2v) is 6.66. The third kappa shape index (κ3) is 4.86. The van der Waals surface area contributed by atoms with Gasteiger partial charge >= 0.3 is 0 Å². The summed E-state index contributed by atoms with van der Waals surface area (Å²) >= 11 is 0. The number of carbonyl (C=O) groups excluding carboxylic acids is 1. The number of benzene rings is 2. The lowest BCUT2D eigenvalue weighted by Crippen LogP contribution is -2.36. The van der Waals surface area contributed by atoms with Crippen LogP contribution in [0.5, 0.6) is 11.5 Å². The summed E-state index contributed by atoms with van der Waals surface area (Å²) in [6.45, 7) is 4.45. The number of nitrogens with zero attached hydrogens (tertiary/aromatic N) is 2. The number of hydrogen-bond acceptors (Lipinski definition) is 5. The molecule has 0 aliphatic heterocycles. The summed E-state index contributed by atoms with van der Waals surface area (Å²) in [6, 6.07) is 17.2. The normalized spacial score (nSPS) is 11.6. The Morgan fingerprint density at radius 2 is 1.83 bits per heavy atom. The van der Waals surface area contributed by atoms with Crippen molar-refractivity contribution in [1.29, 1.82) is 0 Å². The van der Waals surface area contributed by atoms with Gasteiger partial charge in [-0.3, -0.25) is 9.59 Å². The van der Waals surface area contributed by atoms with Crippen LogP contribution in [0.1, 0.15) is 25.5 Å². The molecule has 156 valence electrons. The molecule has 30 heavy (non-hydrogen) atoms. The standard InChI is InChI=1S/C23H25N3O4/c1-4-30-19-11-9-17(10-12-19)20-13-14-22(27)26(25-20)16(2)23(28)24-15-18-7-5-6-8-21(18)29-3/h5-14,16H,4,15H2,1-3H3,(H,24,28). The van der Waals surface area contributed by atoms with Crippen LogP contribution in [0.4, 0.5) is 0 Å². The zero-order valence-corrected chi connectivity index (χ0v) is 17.3. The zero-order valence-electron chi connectivity index (χ0n) is 17.3. The molecule has 1 aromatic heterocycles. The molecule has 1 amide bonds. The van der Waals surface area contributed by atoms with Gasteiger partial charge in [-0.25, -0.2) is 4.68 Å². The molecule has 3 aromatic rings. The van der Waals surface area contributed by atoms with E-state index in [0.29, 0.717) is 24.6 Å². The van der Waals surface area contributed by atoms with Crippen molar-refractivity contribution in [3.8, 4) is 22.8 Å². The van der Waals surface area contributed by atoms with Crippen molar-refractivity contribution >= 4 is 5.91 Å². The van der Waals surface area contributed by atoms with E-state index in [0.717, 1.165) is 16.9 Å². The highest BCUT2D eigenvalue weighted by molar-refractivity contribution is 5.79. The van der Waals surface area contributed by atoms with Crippen LogP contribution in [0.3, 0.4) is 0 Å². The number of ether oxygens (including phenoxy) is 2. The SMILES string of the molecule is CCOc1ccc(-c2ccc(=O)n(C(C)C(=O)NCc3ccccc3OC)n2)cc1. The molecule has 1 unspecified atom stereocenters. The van der Waals surface area contributed by atoms with E-state index in [1.54, 1.807) is 20.1 Å². The highest BCUT2D eigenvalue weighted by Gasteiger charge is 2.18. The highest BCUT2D eigenvalue weighted by Crippen LogP contribution is 2.21. The lowest BCUT2D eigenvalue weighted by atomic mass is 10.1. The number of para-hydroxylation sites is 1. The van der Waals surface area contributed by atoms with Gasteiger partial charge in [0.15, 0.2) is 0 Å². The van der Waals surface area contributed by atoms with Crippen LogP contribution in [0, 0.1) is 0 Å². The van der Waals surface area contributed by atoms with Crippen molar-refractivity contribution in [3.05, 3.63) is 76.6 Å². The van der Waals surface area contributed by atoms with Gasteiger partial charge in [0.25, 0.3) is 5.56 Å². The first-order valence-electron chi connectivity index (χ1n) is 9.76. The van der Waals surface area contributed by atoms with Crippen LogP contribution in [-0.2, 0) is 11.3 Å². The molecule has 2 aromatic carbocycles. The van der Waals surface area contributed by atoms with Gasteiger partial charge in [0.05, 0.1) is 19.4 Å².